The highest BCUT2D eigenvalue weighted by Gasteiger charge is 2.50. The molecule has 0 spiro atoms. The van der Waals surface area contributed by atoms with Crippen molar-refractivity contribution in [1.29, 1.82) is 0 Å². The molecule has 0 amide bonds. The van der Waals surface area contributed by atoms with E-state index in [1.165, 1.54) is 6.08 Å². The van der Waals surface area contributed by atoms with Gasteiger partial charge in [0.1, 0.15) is 5.60 Å². The lowest BCUT2D eigenvalue weighted by Crippen LogP contribution is -2.47. The predicted octanol–water partition coefficient (Wildman–Crippen LogP) is -0.541. The molecule has 1 aliphatic carbocycles. The number of esters is 1. The SMILES string of the molecule is O=C1OCC[C@H]2C=C[C@](O)(CO)[C@@H]12. The van der Waals surface area contributed by atoms with Crippen LogP contribution in [0, 0.1) is 11.8 Å². The third kappa shape index (κ3) is 1.17. The number of carbonyl (C=O) groups is 1. The number of allylic oxidation sites excluding steroid dienone is 1. The van der Waals surface area contributed by atoms with Gasteiger partial charge < -0.3 is 14.9 Å². The molecular weight excluding hydrogens is 172 g/mol. The molecular formula is C9H12O4. The monoisotopic (exact) mass is 184 g/mol. The molecule has 4 nitrogen and oxygen atoms in total. The van der Waals surface area contributed by atoms with Crippen molar-refractivity contribution >= 4 is 5.97 Å². The van der Waals surface area contributed by atoms with Crippen LogP contribution in [0.1, 0.15) is 6.42 Å². The van der Waals surface area contributed by atoms with Gasteiger partial charge in [0, 0.05) is 0 Å². The first-order valence-electron chi connectivity index (χ1n) is 4.36. The maximum Gasteiger partial charge on any atom is 0.312 e. The maximum absolute atomic E-state index is 11.3. The highest BCUT2D eigenvalue weighted by molar-refractivity contribution is 5.76. The molecule has 0 bridgehead atoms. The Bertz CT molecular complexity index is 260. The van der Waals surface area contributed by atoms with E-state index in [4.69, 9.17) is 9.84 Å². The fourth-order valence-corrected chi connectivity index (χ4v) is 2.05. The molecule has 1 saturated heterocycles. The van der Waals surface area contributed by atoms with Gasteiger partial charge in [0.25, 0.3) is 0 Å². The molecule has 2 N–H and O–H groups in total. The number of aliphatic hydroxyl groups excluding tert-OH is 1. The summed E-state index contributed by atoms with van der Waals surface area (Å²) >= 11 is 0. The fraction of sp³-hybridized carbons (Fsp3) is 0.667. The van der Waals surface area contributed by atoms with E-state index in [1.807, 2.05) is 0 Å². The lowest BCUT2D eigenvalue weighted by atomic mass is 9.82. The van der Waals surface area contributed by atoms with Gasteiger partial charge in [0.05, 0.1) is 19.1 Å². The predicted molar refractivity (Wildman–Crippen MR) is 43.7 cm³/mol. The quantitative estimate of drug-likeness (QED) is 0.424. The minimum Gasteiger partial charge on any atom is -0.465 e. The molecule has 13 heavy (non-hydrogen) atoms. The van der Waals surface area contributed by atoms with Gasteiger partial charge in [-0.2, -0.15) is 0 Å². The Morgan fingerprint density at radius 2 is 2.46 bits per heavy atom. The van der Waals surface area contributed by atoms with Crippen LogP contribution in [0.4, 0.5) is 0 Å². The van der Waals surface area contributed by atoms with E-state index in [1.54, 1.807) is 6.08 Å². The zero-order valence-corrected chi connectivity index (χ0v) is 7.14. The van der Waals surface area contributed by atoms with Crippen LogP contribution in [0.15, 0.2) is 12.2 Å². The van der Waals surface area contributed by atoms with Crippen molar-refractivity contribution < 1.29 is 19.7 Å². The minimum absolute atomic E-state index is 0.0263. The standard InChI is InChI=1S/C9H12O4/c10-5-9(12)3-1-6-2-4-13-8(11)7(6)9/h1,3,6-7,10,12H,2,4-5H2/t6-,7-,9+/m1/s1. The summed E-state index contributed by atoms with van der Waals surface area (Å²) in [7, 11) is 0. The molecule has 4 heteroatoms. The van der Waals surface area contributed by atoms with E-state index in [9.17, 15) is 9.90 Å². The Balaban J connectivity index is 2.27. The maximum atomic E-state index is 11.3. The van der Waals surface area contributed by atoms with Crippen LogP contribution in [0.5, 0.6) is 0 Å². The summed E-state index contributed by atoms with van der Waals surface area (Å²) in [5.41, 5.74) is -1.40. The van der Waals surface area contributed by atoms with E-state index in [0.29, 0.717) is 6.61 Å². The number of carbonyl (C=O) groups excluding carboxylic acids is 1. The zero-order valence-electron chi connectivity index (χ0n) is 7.14. The Morgan fingerprint density at radius 3 is 3.15 bits per heavy atom. The van der Waals surface area contributed by atoms with Crippen LogP contribution in [0.3, 0.4) is 0 Å². The van der Waals surface area contributed by atoms with E-state index in [-0.39, 0.29) is 5.92 Å². The molecule has 0 unspecified atom stereocenters. The van der Waals surface area contributed by atoms with E-state index < -0.39 is 24.1 Å². The molecule has 0 aromatic carbocycles. The largest absolute Gasteiger partial charge is 0.465 e. The van der Waals surface area contributed by atoms with Crippen molar-refractivity contribution in [2.75, 3.05) is 13.2 Å². The topological polar surface area (TPSA) is 66.8 Å². The van der Waals surface area contributed by atoms with Gasteiger partial charge in [0.2, 0.25) is 0 Å². The second-order valence-electron chi connectivity index (χ2n) is 3.61. The Kier molecular flexibility index (Phi) is 1.89. The van der Waals surface area contributed by atoms with Crippen molar-refractivity contribution in [2.24, 2.45) is 11.8 Å². The second kappa shape index (κ2) is 2.82. The van der Waals surface area contributed by atoms with Gasteiger partial charge in [-0.3, -0.25) is 4.79 Å². The van der Waals surface area contributed by atoms with Crippen LogP contribution >= 0.6 is 0 Å². The Hall–Kier alpha value is -0.870. The molecule has 1 fully saturated rings. The van der Waals surface area contributed by atoms with Crippen molar-refractivity contribution in [1.82, 2.24) is 0 Å². The third-order valence-corrected chi connectivity index (χ3v) is 2.80. The van der Waals surface area contributed by atoms with Crippen molar-refractivity contribution in [3.63, 3.8) is 0 Å². The van der Waals surface area contributed by atoms with E-state index in [0.717, 1.165) is 6.42 Å². The smallest absolute Gasteiger partial charge is 0.312 e. The minimum atomic E-state index is -1.40. The molecule has 1 heterocycles. The van der Waals surface area contributed by atoms with Crippen LogP contribution in [0.2, 0.25) is 0 Å². The Morgan fingerprint density at radius 1 is 1.69 bits per heavy atom. The normalized spacial score (nSPS) is 43.1. The summed E-state index contributed by atoms with van der Waals surface area (Å²) in [6.07, 6.45) is 4.03. The van der Waals surface area contributed by atoms with Crippen molar-refractivity contribution in [3.8, 4) is 0 Å². The molecule has 3 atom stereocenters. The molecule has 0 aromatic heterocycles. The van der Waals surface area contributed by atoms with Gasteiger partial charge in [-0.25, -0.2) is 0 Å². The van der Waals surface area contributed by atoms with Crippen LogP contribution in [-0.2, 0) is 9.53 Å². The lowest BCUT2D eigenvalue weighted by molar-refractivity contribution is -0.166. The van der Waals surface area contributed by atoms with E-state index >= 15 is 0 Å². The first-order chi connectivity index (χ1) is 6.17. The van der Waals surface area contributed by atoms with Crippen molar-refractivity contribution in [3.05, 3.63) is 12.2 Å². The van der Waals surface area contributed by atoms with Crippen LogP contribution < -0.4 is 0 Å². The summed E-state index contributed by atoms with van der Waals surface area (Å²) in [6.45, 7) is -0.0222. The summed E-state index contributed by atoms with van der Waals surface area (Å²) in [6, 6.07) is 0. The van der Waals surface area contributed by atoms with Gasteiger partial charge in [-0.1, -0.05) is 12.2 Å². The molecule has 1 aliphatic heterocycles. The average molecular weight is 184 g/mol. The molecule has 0 saturated carbocycles. The number of cyclic esters (lactones) is 1. The summed E-state index contributed by atoms with van der Waals surface area (Å²) in [4.78, 5) is 11.3. The van der Waals surface area contributed by atoms with Crippen LogP contribution in [-0.4, -0.2) is 35.0 Å². The first-order valence-corrected chi connectivity index (χ1v) is 4.36. The molecule has 0 aromatic rings. The third-order valence-electron chi connectivity index (χ3n) is 2.80. The zero-order chi connectivity index (χ0) is 9.47. The highest BCUT2D eigenvalue weighted by Crippen LogP contribution is 2.39. The average Bonchev–Trinajstić information content (AvgIpc) is 2.47. The fourth-order valence-electron chi connectivity index (χ4n) is 2.05. The highest BCUT2D eigenvalue weighted by atomic mass is 16.5. The Labute approximate surface area is 75.8 Å². The first kappa shape index (κ1) is 8.72. The van der Waals surface area contributed by atoms with Gasteiger partial charge >= 0.3 is 5.97 Å². The lowest BCUT2D eigenvalue weighted by Gasteiger charge is -2.32. The number of hydrogen-bond acceptors (Lipinski definition) is 4. The van der Waals surface area contributed by atoms with Crippen LogP contribution in [0.25, 0.3) is 0 Å². The number of ether oxygens (including phenoxy) is 1. The molecule has 2 aliphatic rings. The number of fused-ring (bicyclic) bond motifs is 1. The van der Waals surface area contributed by atoms with Gasteiger partial charge in [0.15, 0.2) is 0 Å². The molecule has 2 rings (SSSR count). The number of rotatable bonds is 1. The second-order valence-corrected chi connectivity index (χ2v) is 3.61. The summed E-state index contributed by atoms with van der Waals surface area (Å²) < 4.78 is 4.84. The van der Waals surface area contributed by atoms with Gasteiger partial charge in [-0.15, -0.1) is 0 Å². The summed E-state index contributed by atoms with van der Waals surface area (Å²) in [5, 5.41) is 18.8. The van der Waals surface area contributed by atoms with Crippen molar-refractivity contribution in [2.45, 2.75) is 12.0 Å². The van der Waals surface area contributed by atoms with Gasteiger partial charge in [-0.05, 0) is 12.3 Å². The number of aliphatic hydroxyl groups is 2. The van der Waals surface area contributed by atoms with E-state index in [2.05, 4.69) is 0 Å². The molecule has 0 radical (unpaired) electrons. The number of hydrogen-bond donors (Lipinski definition) is 2. The molecule has 72 valence electrons. The summed E-state index contributed by atoms with van der Waals surface area (Å²) in [5.74, 6) is -0.984.